The first-order valence-electron chi connectivity index (χ1n) is 6.61. The number of carbonyl (C=O) groups excluding carboxylic acids is 1. The van der Waals surface area contributed by atoms with Crippen LogP contribution in [0.4, 0.5) is 4.39 Å². The van der Waals surface area contributed by atoms with E-state index in [1.807, 2.05) is 0 Å². The highest BCUT2D eigenvalue weighted by molar-refractivity contribution is 9.10. The molecule has 1 saturated heterocycles. The lowest BCUT2D eigenvalue weighted by Gasteiger charge is -2.22. The maximum Gasteiger partial charge on any atom is 0.254 e. The van der Waals surface area contributed by atoms with E-state index in [-0.39, 0.29) is 23.9 Å². The second-order valence-electron chi connectivity index (χ2n) is 4.88. The quantitative estimate of drug-likeness (QED) is 0.861. The van der Waals surface area contributed by atoms with Crippen molar-refractivity contribution < 1.29 is 9.18 Å². The average Bonchev–Trinajstić information content (AvgIpc) is 2.39. The molecular weight excluding hydrogens is 347 g/mol. The third-order valence-corrected chi connectivity index (χ3v) is 3.91. The molecule has 3 nitrogen and oxygen atoms in total. The second kappa shape index (κ2) is 8.60. The monoisotopic (exact) mass is 364 g/mol. The van der Waals surface area contributed by atoms with Crippen molar-refractivity contribution in [2.24, 2.45) is 5.92 Å². The number of rotatable bonds is 4. The Kier molecular flexibility index (Phi) is 7.48. The third-order valence-electron chi connectivity index (χ3n) is 3.41. The van der Waals surface area contributed by atoms with Crippen LogP contribution in [-0.4, -0.2) is 25.5 Å². The molecule has 2 N–H and O–H groups in total. The zero-order valence-corrected chi connectivity index (χ0v) is 13.5. The number of carbonyl (C=O) groups is 1. The van der Waals surface area contributed by atoms with E-state index in [1.165, 1.54) is 25.0 Å². The minimum Gasteiger partial charge on any atom is -0.352 e. The van der Waals surface area contributed by atoms with Crippen LogP contribution in [0.3, 0.4) is 0 Å². The molecule has 1 heterocycles. The lowest BCUT2D eigenvalue weighted by atomic mass is 9.96. The smallest absolute Gasteiger partial charge is 0.254 e. The molecule has 20 heavy (non-hydrogen) atoms. The summed E-state index contributed by atoms with van der Waals surface area (Å²) in [5.41, 5.74) is 0.102. The lowest BCUT2D eigenvalue weighted by molar-refractivity contribution is 0.0946. The van der Waals surface area contributed by atoms with Gasteiger partial charge in [0.2, 0.25) is 0 Å². The second-order valence-corrected chi connectivity index (χ2v) is 5.80. The van der Waals surface area contributed by atoms with Gasteiger partial charge >= 0.3 is 0 Å². The van der Waals surface area contributed by atoms with Crippen molar-refractivity contribution >= 4 is 34.2 Å². The lowest BCUT2D eigenvalue weighted by Crippen LogP contribution is -2.33. The molecular formula is C14H19BrClFN2O. The van der Waals surface area contributed by atoms with E-state index < -0.39 is 5.82 Å². The van der Waals surface area contributed by atoms with Crippen molar-refractivity contribution in [2.45, 2.75) is 19.3 Å². The molecule has 1 aliphatic rings. The minimum atomic E-state index is -0.494. The van der Waals surface area contributed by atoms with Gasteiger partial charge in [-0.25, -0.2) is 4.39 Å². The predicted molar refractivity (Wildman–Crippen MR) is 83.9 cm³/mol. The normalized spacial score (nSPS) is 18.2. The Hall–Kier alpha value is -0.650. The Labute approximate surface area is 133 Å². The molecule has 1 aromatic rings. The van der Waals surface area contributed by atoms with Crippen molar-refractivity contribution in [3.05, 3.63) is 34.1 Å². The van der Waals surface area contributed by atoms with E-state index in [4.69, 9.17) is 0 Å². The van der Waals surface area contributed by atoms with Gasteiger partial charge in [-0.1, -0.05) is 15.9 Å². The molecule has 0 aliphatic carbocycles. The summed E-state index contributed by atoms with van der Waals surface area (Å²) >= 11 is 3.17. The highest BCUT2D eigenvalue weighted by Crippen LogP contribution is 2.16. The van der Waals surface area contributed by atoms with Gasteiger partial charge in [-0.15, -0.1) is 12.4 Å². The Morgan fingerprint density at radius 1 is 1.50 bits per heavy atom. The van der Waals surface area contributed by atoms with E-state index in [9.17, 15) is 9.18 Å². The van der Waals surface area contributed by atoms with Crippen LogP contribution in [-0.2, 0) is 0 Å². The molecule has 1 amide bonds. The number of hydrogen-bond acceptors (Lipinski definition) is 2. The largest absolute Gasteiger partial charge is 0.352 e. The van der Waals surface area contributed by atoms with E-state index in [0.29, 0.717) is 16.9 Å². The van der Waals surface area contributed by atoms with Crippen molar-refractivity contribution in [3.63, 3.8) is 0 Å². The van der Waals surface area contributed by atoms with Crippen LogP contribution < -0.4 is 10.6 Å². The zero-order valence-electron chi connectivity index (χ0n) is 11.1. The van der Waals surface area contributed by atoms with Crippen LogP contribution in [0.1, 0.15) is 29.6 Å². The molecule has 2 rings (SSSR count). The van der Waals surface area contributed by atoms with Crippen molar-refractivity contribution in [1.82, 2.24) is 10.6 Å². The summed E-state index contributed by atoms with van der Waals surface area (Å²) in [7, 11) is 0. The Bertz CT molecular complexity index is 453. The molecule has 1 aliphatic heterocycles. The molecule has 1 unspecified atom stereocenters. The molecule has 0 aromatic heterocycles. The summed E-state index contributed by atoms with van der Waals surface area (Å²) in [5.74, 6) is -0.219. The highest BCUT2D eigenvalue weighted by Gasteiger charge is 2.14. The molecule has 6 heteroatoms. The van der Waals surface area contributed by atoms with Gasteiger partial charge in [0.15, 0.2) is 0 Å². The fourth-order valence-electron chi connectivity index (χ4n) is 2.33. The summed E-state index contributed by atoms with van der Waals surface area (Å²) in [6, 6.07) is 4.47. The topological polar surface area (TPSA) is 41.1 Å². The highest BCUT2D eigenvalue weighted by atomic mass is 79.9. The number of benzene rings is 1. The van der Waals surface area contributed by atoms with Crippen LogP contribution in [0, 0.1) is 11.7 Å². The fourth-order valence-corrected chi connectivity index (χ4v) is 2.66. The van der Waals surface area contributed by atoms with Crippen LogP contribution in [0.5, 0.6) is 0 Å². The van der Waals surface area contributed by atoms with Gasteiger partial charge in [-0.05, 0) is 56.5 Å². The molecule has 0 bridgehead atoms. The van der Waals surface area contributed by atoms with Gasteiger partial charge in [-0.3, -0.25) is 4.79 Å². The number of hydrogen-bond donors (Lipinski definition) is 2. The predicted octanol–water partition coefficient (Wildman–Crippen LogP) is 3.13. The van der Waals surface area contributed by atoms with Gasteiger partial charge in [0, 0.05) is 11.0 Å². The number of piperidine rings is 1. The van der Waals surface area contributed by atoms with Crippen LogP contribution in [0.15, 0.2) is 22.7 Å². The number of amides is 1. The Morgan fingerprint density at radius 2 is 2.30 bits per heavy atom. The summed E-state index contributed by atoms with van der Waals surface area (Å²) in [6.45, 7) is 2.70. The molecule has 112 valence electrons. The fraction of sp³-hybridized carbons (Fsp3) is 0.500. The van der Waals surface area contributed by atoms with Crippen molar-refractivity contribution in [3.8, 4) is 0 Å². The molecule has 0 radical (unpaired) electrons. The minimum absolute atomic E-state index is 0. The van der Waals surface area contributed by atoms with Crippen molar-refractivity contribution in [2.75, 3.05) is 19.6 Å². The first kappa shape index (κ1) is 17.4. The SMILES string of the molecule is Cl.O=C(NCCC1CCCNC1)c1ccc(Br)cc1F. The van der Waals surface area contributed by atoms with Gasteiger partial charge < -0.3 is 10.6 Å². The molecule has 0 saturated carbocycles. The van der Waals surface area contributed by atoms with E-state index in [0.717, 1.165) is 19.5 Å². The Balaban J connectivity index is 0.00000200. The Morgan fingerprint density at radius 3 is 2.95 bits per heavy atom. The zero-order chi connectivity index (χ0) is 13.7. The van der Waals surface area contributed by atoms with Crippen LogP contribution >= 0.6 is 28.3 Å². The summed E-state index contributed by atoms with van der Waals surface area (Å²) in [4.78, 5) is 11.8. The standard InChI is InChI=1S/C14H18BrFN2O.ClH/c15-11-3-4-12(13(16)8-11)14(19)18-7-5-10-2-1-6-17-9-10;/h3-4,8,10,17H,1-2,5-7,9H2,(H,18,19);1H. The van der Waals surface area contributed by atoms with E-state index in [2.05, 4.69) is 26.6 Å². The van der Waals surface area contributed by atoms with Gasteiger partial charge in [0.1, 0.15) is 5.82 Å². The summed E-state index contributed by atoms with van der Waals surface area (Å²) in [6.07, 6.45) is 3.34. The van der Waals surface area contributed by atoms with E-state index in [1.54, 1.807) is 6.07 Å². The molecule has 1 atom stereocenters. The maximum atomic E-state index is 13.6. The molecule has 1 fully saturated rings. The first-order chi connectivity index (χ1) is 9.16. The third kappa shape index (κ3) is 5.04. The van der Waals surface area contributed by atoms with Gasteiger partial charge in [-0.2, -0.15) is 0 Å². The summed E-state index contributed by atoms with van der Waals surface area (Å²) < 4.78 is 14.2. The number of halogens is 3. The van der Waals surface area contributed by atoms with Crippen molar-refractivity contribution in [1.29, 1.82) is 0 Å². The average molecular weight is 366 g/mol. The number of nitrogens with one attached hydrogen (secondary N) is 2. The summed E-state index contributed by atoms with van der Waals surface area (Å²) in [5, 5.41) is 6.13. The van der Waals surface area contributed by atoms with Gasteiger partial charge in [0.25, 0.3) is 5.91 Å². The van der Waals surface area contributed by atoms with Crippen LogP contribution in [0.25, 0.3) is 0 Å². The van der Waals surface area contributed by atoms with Crippen LogP contribution in [0.2, 0.25) is 0 Å². The molecule has 1 aromatic carbocycles. The maximum absolute atomic E-state index is 13.6. The van der Waals surface area contributed by atoms with Gasteiger partial charge in [0.05, 0.1) is 5.56 Å². The van der Waals surface area contributed by atoms with E-state index >= 15 is 0 Å². The first-order valence-corrected chi connectivity index (χ1v) is 7.40. The molecule has 0 spiro atoms.